The number of aryl methyl sites for hydroxylation is 1. The number of nitrogens with zero attached hydrogens (tertiary/aromatic N) is 1. The Kier molecular flexibility index (Phi) is 7.21. The Bertz CT molecular complexity index is 922. The van der Waals surface area contributed by atoms with Crippen LogP contribution in [0.4, 0.5) is 5.69 Å². The van der Waals surface area contributed by atoms with Gasteiger partial charge in [0.15, 0.2) is 5.78 Å². The van der Waals surface area contributed by atoms with E-state index in [4.69, 9.17) is 4.74 Å². The third kappa shape index (κ3) is 5.19. The summed E-state index contributed by atoms with van der Waals surface area (Å²) in [5.41, 5.74) is 0.942. The van der Waals surface area contributed by atoms with E-state index in [-0.39, 0.29) is 17.9 Å². The Labute approximate surface area is 182 Å². The summed E-state index contributed by atoms with van der Waals surface area (Å²) < 4.78 is 6.01. The molecule has 1 heterocycles. The molecule has 0 aliphatic carbocycles. The van der Waals surface area contributed by atoms with Crippen LogP contribution in [0.5, 0.6) is 0 Å². The van der Waals surface area contributed by atoms with Crippen molar-refractivity contribution in [3.63, 3.8) is 0 Å². The fraction of sp³-hybridized carbons (Fsp3) is 0.440. The molecule has 1 fully saturated rings. The number of non-ortho nitro benzene ring substituents is 1. The van der Waals surface area contributed by atoms with E-state index in [1.165, 1.54) is 12.1 Å². The van der Waals surface area contributed by atoms with E-state index in [0.29, 0.717) is 24.8 Å². The van der Waals surface area contributed by atoms with Crippen molar-refractivity contribution in [3.8, 4) is 0 Å². The van der Waals surface area contributed by atoms with Crippen LogP contribution < -0.4 is 0 Å². The molecular formula is C25H29NO5. The lowest BCUT2D eigenvalue weighted by atomic mass is 9.74. The number of benzene rings is 2. The fourth-order valence-corrected chi connectivity index (χ4v) is 4.67. The molecule has 0 bridgehead atoms. The zero-order chi connectivity index (χ0) is 22.4. The highest BCUT2D eigenvalue weighted by atomic mass is 16.6. The summed E-state index contributed by atoms with van der Waals surface area (Å²) >= 11 is 0. The van der Waals surface area contributed by atoms with E-state index in [0.717, 1.165) is 18.4 Å². The first-order chi connectivity index (χ1) is 14.9. The van der Waals surface area contributed by atoms with Gasteiger partial charge in [-0.15, -0.1) is 0 Å². The van der Waals surface area contributed by atoms with Gasteiger partial charge in [0.2, 0.25) is 0 Å². The molecule has 2 aromatic rings. The number of cyclic esters (lactones) is 1. The zero-order valence-corrected chi connectivity index (χ0v) is 18.1. The number of ether oxygens (including phenoxy) is 1. The number of nitro benzene ring substituents is 1. The van der Waals surface area contributed by atoms with Gasteiger partial charge in [-0.05, 0) is 36.8 Å². The van der Waals surface area contributed by atoms with Gasteiger partial charge in [0, 0.05) is 24.5 Å². The lowest BCUT2D eigenvalue weighted by Gasteiger charge is -2.40. The molecule has 1 aliphatic rings. The van der Waals surface area contributed by atoms with Gasteiger partial charge in [0.1, 0.15) is 11.5 Å². The number of carbonyl (C=O) groups excluding carboxylic acids is 2. The lowest BCUT2D eigenvalue weighted by molar-refractivity contribution is -0.384. The molecule has 6 heteroatoms. The number of hydrogen-bond acceptors (Lipinski definition) is 5. The molecule has 1 unspecified atom stereocenters. The van der Waals surface area contributed by atoms with Gasteiger partial charge >= 0.3 is 5.97 Å². The number of Topliss-reactive ketones (excluding diaryl/α,β-unsaturated/α-hetero) is 1. The number of ketones is 1. The average molecular weight is 424 g/mol. The number of carbonyl (C=O) groups is 2. The molecular weight excluding hydrogens is 394 g/mol. The van der Waals surface area contributed by atoms with Crippen LogP contribution in [0.1, 0.15) is 63.0 Å². The Morgan fingerprint density at radius 2 is 1.84 bits per heavy atom. The highest BCUT2D eigenvalue weighted by molar-refractivity contribution is 6.02. The first-order valence-corrected chi connectivity index (χ1v) is 10.9. The van der Waals surface area contributed by atoms with Crippen molar-refractivity contribution >= 4 is 17.4 Å². The molecule has 0 amide bonds. The number of esters is 1. The van der Waals surface area contributed by atoms with Crippen LogP contribution >= 0.6 is 0 Å². The Balaban J connectivity index is 1.82. The molecule has 1 aliphatic heterocycles. The smallest absolute Gasteiger partial charge is 0.317 e. The maximum atomic E-state index is 13.3. The Hall–Kier alpha value is -3.02. The molecule has 0 N–H and O–H groups in total. The minimum atomic E-state index is -0.922. The van der Waals surface area contributed by atoms with E-state index in [2.05, 4.69) is 0 Å². The van der Waals surface area contributed by atoms with Crippen LogP contribution in [0, 0.1) is 16.0 Å². The molecule has 2 aromatic carbocycles. The summed E-state index contributed by atoms with van der Waals surface area (Å²) in [4.78, 5) is 37.1. The first kappa shape index (κ1) is 22.7. The maximum Gasteiger partial charge on any atom is 0.317 e. The van der Waals surface area contributed by atoms with Crippen molar-refractivity contribution < 1.29 is 19.2 Å². The SMILES string of the molecule is CCC[C@@]1(CCc2ccccc2)CC(=O)C([C@@H](CC)c2cccc([N+](=O)[O-])c2)C(=O)O1. The van der Waals surface area contributed by atoms with Crippen LogP contribution in [-0.4, -0.2) is 22.3 Å². The summed E-state index contributed by atoms with van der Waals surface area (Å²) in [5.74, 6) is -1.99. The molecule has 1 saturated heterocycles. The van der Waals surface area contributed by atoms with E-state index in [1.807, 2.05) is 44.2 Å². The summed E-state index contributed by atoms with van der Waals surface area (Å²) in [5, 5.41) is 11.2. The van der Waals surface area contributed by atoms with E-state index in [9.17, 15) is 19.7 Å². The van der Waals surface area contributed by atoms with Gasteiger partial charge in [-0.1, -0.05) is 62.7 Å². The van der Waals surface area contributed by atoms with Crippen molar-refractivity contribution in [3.05, 3.63) is 75.8 Å². The topological polar surface area (TPSA) is 86.5 Å². The Morgan fingerprint density at radius 3 is 2.45 bits per heavy atom. The predicted molar refractivity (Wildman–Crippen MR) is 118 cm³/mol. The monoisotopic (exact) mass is 423 g/mol. The average Bonchev–Trinajstić information content (AvgIpc) is 2.76. The summed E-state index contributed by atoms with van der Waals surface area (Å²) in [7, 11) is 0. The normalized spacial score (nSPS) is 22.1. The van der Waals surface area contributed by atoms with Crippen LogP contribution in [0.2, 0.25) is 0 Å². The van der Waals surface area contributed by atoms with Gasteiger partial charge in [0.05, 0.1) is 4.92 Å². The van der Waals surface area contributed by atoms with Crippen LogP contribution in [0.3, 0.4) is 0 Å². The van der Waals surface area contributed by atoms with Crippen molar-refractivity contribution in [2.75, 3.05) is 0 Å². The van der Waals surface area contributed by atoms with E-state index >= 15 is 0 Å². The second-order valence-electron chi connectivity index (χ2n) is 8.33. The quantitative estimate of drug-likeness (QED) is 0.233. The molecule has 164 valence electrons. The second-order valence-corrected chi connectivity index (χ2v) is 8.33. The van der Waals surface area contributed by atoms with Crippen LogP contribution in [0.15, 0.2) is 54.6 Å². The molecule has 0 spiro atoms. The van der Waals surface area contributed by atoms with Gasteiger partial charge < -0.3 is 4.74 Å². The second kappa shape index (κ2) is 9.86. The fourth-order valence-electron chi connectivity index (χ4n) is 4.67. The summed E-state index contributed by atoms with van der Waals surface area (Å²) in [6.45, 7) is 3.90. The number of nitro groups is 1. The van der Waals surface area contributed by atoms with Crippen LogP contribution in [-0.2, 0) is 20.7 Å². The molecule has 0 aromatic heterocycles. The first-order valence-electron chi connectivity index (χ1n) is 10.9. The van der Waals surface area contributed by atoms with Crippen molar-refractivity contribution in [1.82, 2.24) is 0 Å². The van der Waals surface area contributed by atoms with Gasteiger partial charge in [-0.25, -0.2) is 0 Å². The zero-order valence-electron chi connectivity index (χ0n) is 18.1. The highest BCUT2D eigenvalue weighted by Crippen LogP contribution is 2.41. The standard InChI is InChI=1S/C25H29NO5/c1-3-14-25(15-13-18-9-6-5-7-10-18)17-22(27)23(24(28)31-25)21(4-2)19-11-8-12-20(16-19)26(29)30/h5-12,16,21,23H,3-4,13-15,17H2,1-2H3/t21-,23?,25+/m0/s1. The molecule has 3 atom stereocenters. The summed E-state index contributed by atoms with van der Waals surface area (Å²) in [6, 6.07) is 16.2. The number of hydrogen-bond donors (Lipinski definition) is 0. The van der Waals surface area contributed by atoms with Gasteiger partial charge in [-0.3, -0.25) is 19.7 Å². The van der Waals surface area contributed by atoms with Gasteiger partial charge in [0.25, 0.3) is 5.69 Å². The third-order valence-electron chi connectivity index (χ3n) is 6.18. The maximum absolute atomic E-state index is 13.3. The third-order valence-corrected chi connectivity index (χ3v) is 6.18. The molecule has 6 nitrogen and oxygen atoms in total. The van der Waals surface area contributed by atoms with E-state index in [1.54, 1.807) is 12.1 Å². The predicted octanol–water partition coefficient (Wildman–Crippen LogP) is 5.39. The lowest BCUT2D eigenvalue weighted by Crippen LogP contribution is -2.49. The minimum absolute atomic E-state index is 0.0456. The summed E-state index contributed by atoms with van der Waals surface area (Å²) in [6.07, 6.45) is 3.48. The molecule has 3 rings (SSSR count). The number of rotatable bonds is 9. The van der Waals surface area contributed by atoms with Crippen molar-refractivity contribution in [1.29, 1.82) is 0 Å². The highest BCUT2D eigenvalue weighted by Gasteiger charge is 2.48. The largest absolute Gasteiger partial charge is 0.458 e. The van der Waals surface area contributed by atoms with E-state index < -0.39 is 28.3 Å². The molecule has 0 saturated carbocycles. The van der Waals surface area contributed by atoms with Crippen LogP contribution in [0.25, 0.3) is 0 Å². The Morgan fingerprint density at radius 1 is 1.10 bits per heavy atom. The molecule has 31 heavy (non-hydrogen) atoms. The molecule has 0 radical (unpaired) electrons. The van der Waals surface area contributed by atoms with Crippen molar-refractivity contribution in [2.24, 2.45) is 5.92 Å². The minimum Gasteiger partial charge on any atom is -0.458 e. The van der Waals surface area contributed by atoms with Gasteiger partial charge in [-0.2, -0.15) is 0 Å². The van der Waals surface area contributed by atoms with Crippen molar-refractivity contribution in [2.45, 2.75) is 63.9 Å².